The number of rotatable bonds is 5. The van der Waals surface area contributed by atoms with Gasteiger partial charge in [0, 0.05) is 41.8 Å². The molecule has 0 unspecified atom stereocenters. The molecule has 0 spiro atoms. The van der Waals surface area contributed by atoms with E-state index in [2.05, 4.69) is 51.7 Å². The van der Waals surface area contributed by atoms with Crippen molar-refractivity contribution in [1.29, 1.82) is 0 Å². The molecule has 5 aromatic rings. The van der Waals surface area contributed by atoms with Crippen molar-refractivity contribution in [3.8, 4) is 11.5 Å². The monoisotopic (exact) mass is 427 g/mol. The summed E-state index contributed by atoms with van der Waals surface area (Å²) in [6, 6.07) is 14.8. The van der Waals surface area contributed by atoms with Gasteiger partial charge in [0.1, 0.15) is 11.6 Å². The van der Waals surface area contributed by atoms with E-state index in [4.69, 9.17) is 10.3 Å². The highest BCUT2D eigenvalue weighted by Crippen LogP contribution is 2.31. The van der Waals surface area contributed by atoms with Gasteiger partial charge in [-0.05, 0) is 54.8 Å². The van der Waals surface area contributed by atoms with Crippen LogP contribution >= 0.6 is 0 Å². The van der Waals surface area contributed by atoms with E-state index >= 15 is 0 Å². The fourth-order valence-electron chi connectivity index (χ4n) is 3.87. The lowest BCUT2D eigenvalue weighted by Gasteiger charge is -2.08. The minimum Gasteiger partial charge on any atom is -0.383 e. The molecule has 7 heteroatoms. The second-order valence-electron chi connectivity index (χ2n) is 7.99. The highest BCUT2D eigenvalue weighted by molar-refractivity contribution is 5.94. The molecule has 2 N–H and O–H groups in total. The maximum Gasteiger partial charge on any atom is 0.260 e. The Labute approximate surface area is 184 Å². The summed E-state index contributed by atoms with van der Waals surface area (Å²) < 4.78 is 21.7. The zero-order chi connectivity index (χ0) is 22.2. The molecule has 0 aliphatic heterocycles. The Morgan fingerprint density at radius 1 is 1.06 bits per heavy atom. The highest BCUT2D eigenvalue weighted by atomic mass is 19.1. The molecular formula is C25H22FN5O. The number of aromatic nitrogens is 4. The molecular weight excluding hydrogens is 405 g/mol. The second kappa shape index (κ2) is 7.92. The van der Waals surface area contributed by atoms with Gasteiger partial charge < -0.3 is 14.8 Å². The van der Waals surface area contributed by atoms with Crippen molar-refractivity contribution in [2.75, 3.05) is 5.73 Å². The summed E-state index contributed by atoms with van der Waals surface area (Å²) in [4.78, 5) is 8.64. The Hall–Kier alpha value is -4.00. The number of aryl methyl sites for hydroxylation is 2. The molecule has 160 valence electrons. The molecule has 0 aliphatic rings. The van der Waals surface area contributed by atoms with Crippen LogP contribution in [-0.2, 0) is 13.0 Å². The first-order valence-corrected chi connectivity index (χ1v) is 10.3. The molecule has 5 rings (SSSR count). The van der Waals surface area contributed by atoms with E-state index in [1.165, 1.54) is 28.8 Å². The lowest BCUT2D eigenvalue weighted by Crippen LogP contribution is -1.99. The Bertz CT molecular complexity index is 1440. The summed E-state index contributed by atoms with van der Waals surface area (Å²) in [5, 5.41) is 4.83. The first kappa shape index (κ1) is 19.9. The van der Waals surface area contributed by atoms with Crippen molar-refractivity contribution in [2.24, 2.45) is 0 Å². The van der Waals surface area contributed by atoms with Gasteiger partial charge >= 0.3 is 0 Å². The zero-order valence-corrected chi connectivity index (χ0v) is 17.8. The number of anilines is 1. The first-order valence-electron chi connectivity index (χ1n) is 10.3. The summed E-state index contributed by atoms with van der Waals surface area (Å²) >= 11 is 0. The number of hydrogen-bond acceptors (Lipinski definition) is 5. The van der Waals surface area contributed by atoms with Gasteiger partial charge in [-0.1, -0.05) is 29.4 Å². The maximum absolute atomic E-state index is 14.1. The van der Waals surface area contributed by atoms with Crippen molar-refractivity contribution in [3.63, 3.8) is 0 Å². The van der Waals surface area contributed by atoms with E-state index in [0.29, 0.717) is 36.1 Å². The average Bonchev–Trinajstić information content (AvgIpc) is 3.37. The second-order valence-corrected chi connectivity index (χ2v) is 7.99. The average molecular weight is 427 g/mol. The number of fused-ring (bicyclic) bond motifs is 1. The van der Waals surface area contributed by atoms with Gasteiger partial charge in [-0.25, -0.2) is 9.37 Å². The summed E-state index contributed by atoms with van der Waals surface area (Å²) in [7, 11) is 0. The van der Waals surface area contributed by atoms with Gasteiger partial charge in [0.05, 0.1) is 5.56 Å². The molecule has 0 saturated carbocycles. The van der Waals surface area contributed by atoms with E-state index in [1.54, 1.807) is 12.3 Å². The predicted molar refractivity (Wildman–Crippen MR) is 122 cm³/mol. The standard InChI is InChI=1S/C25H22FN5O/c1-15-5-6-17(10-16(15)2)13-31-14-21(20-12-19(26)7-8-22(20)31)25-29-23(30-32-25)11-18-4-3-9-28-24(18)27/h3-10,12,14H,11,13H2,1-2H3,(H2,27,28). The van der Waals surface area contributed by atoms with Crippen LogP contribution in [-0.4, -0.2) is 19.7 Å². The Kier molecular flexibility index (Phi) is 4.93. The minimum absolute atomic E-state index is 0.314. The molecule has 0 amide bonds. The van der Waals surface area contributed by atoms with Crippen molar-refractivity contribution >= 4 is 16.7 Å². The van der Waals surface area contributed by atoms with E-state index in [0.717, 1.165) is 16.5 Å². The van der Waals surface area contributed by atoms with Crippen molar-refractivity contribution < 1.29 is 8.91 Å². The minimum atomic E-state index is -0.314. The molecule has 2 aromatic carbocycles. The normalized spacial score (nSPS) is 11.3. The molecule has 0 aliphatic carbocycles. The first-order chi connectivity index (χ1) is 15.5. The highest BCUT2D eigenvalue weighted by Gasteiger charge is 2.18. The third-order valence-corrected chi connectivity index (χ3v) is 5.74. The van der Waals surface area contributed by atoms with Gasteiger partial charge in [-0.2, -0.15) is 4.98 Å². The molecule has 32 heavy (non-hydrogen) atoms. The van der Waals surface area contributed by atoms with Crippen LogP contribution in [0.1, 0.15) is 28.1 Å². The maximum atomic E-state index is 14.1. The van der Waals surface area contributed by atoms with Crippen molar-refractivity contribution in [1.82, 2.24) is 19.7 Å². The van der Waals surface area contributed by atoms with Crippen LogP contribution in [0.3, 0.4) is 0 Å². The summed E-state index contributed by atoms with van der Waals surface area (Å²) in [5.74, 6) is 0.958. The number of nitrogen functional groups attached to an aromatic ring is 1. The SMILES string of the molecule is Cc1ccc(Cn2cc(-c3nc(Cc4cccnc4N)no3)c3cc(F)ccc32)cc1C. The van der Waals surface area contributed by atoms with E-state index in [-0.39, 0.29) is 5.82 Å². The van der Waals surface area contributed by atoms with Crippen LogP contribution in [0.4, 0.5) is 10.2 Å². The van der Waals surface area contributed by atoms with E-state index < -0.39 is 0 Å². The van der Waals surface area contributed by atoms with Crippen LogP contribution in [0, 0.1) is 19.7 Å². The van der Waals surface area contributed by atoms with Crippen molar-refractivity contribution in [3.05, 3.63) is 94.8 Å². The van der Waals surface area contributed by atoms with E-state index in [9.17, 15) is 4.39 Å². The number of nitrogens with zero attached hydrogens (tertiary/aromatic N) is 4. The molecule has 0 radical (unpaired) electrons. The molecule has 0 bridgehead atoms. The third-order valence-electron chi connectivity index (χ3n) is 5.74. The summed E-state index contributed by atoms with van der Waals surface area (Å²) in [6.45, 7) is 4.84. The van der Waals surface area contributed by atoms with Crippen LogP contribution in [0.2, 0.25) is 0 Å². The topological polar surface area (TPSA) is 82.8 Å². The lowest BCUT2D eigenvalue weighted by atomic mass is 10.1. The molecule has 0 fully saturated rings. The number of hydrogen-bond donors (Lipinski definition) is 1. The van der Waals surface area contributed by atoms with Gasteiger partial charge in [-0.3, -0.25) is 0 Å². The Balaban J connectivity index is 1.53. The van der Waals surface area contributed by atoms with Crippen molar-refractivity contribution in [2.45, 2.75) is 26.8 Å². The van der Waals surface area contributed by atoms with Crippen LogP contribution in [0.5, 0.6) is 0 Å². The number of nitrogens with two attached hydrogens (primary N) is 1. The van der Waals surface area contributed by atoms with E-state index in [1.807, 2.05) is 18.3 Å². The number of pyridine rings is 1. The number of halogens is 1. The number of benzene rings is 2. The van der Waals surface area contributed by atoms with Gasteiger partial charge in [-0.15, -0.1) is 0 Å². The molecule has 3 heterocycles. The summed E-state index contributed by atoms with van der Waals surface area (Å²) in [5.41, 5.74) is 12.0. The van der Waals surface area contributed by atoms with Gasteiger partial charge in [0.2, 0.25) is 0 Å². The summed E-state index contributed by atoms with van der Waals surface area (Å²) in [6.07, 6.45) is 3.98. The Morgan fingerprint density at radius 2 is 1.94 bits per heavy atom. The van der Waals surface area contributed by atoms with Crippen LogP contribution in [0.25, 0.3) is 22.4 Å². The smallest absolute Gasteiger partial charge is 0.260 e. The fraction of sp³-hybridized carbons (Fsp3) is 0.160. The predicted octanol–water partition coefficient (Wildman–Crippen LogP) is 5.06. The molecule has 3 aromatic heterocycles. The van der Waals surface area contributed by atoms with Crippen LogP contribution < -0.4 is 5.73 Å². The van der Waals surface area contributed by atoms with Crippen LogP contribution in [0.15, 0.2) is 65.4 Å². The van der Waals surface area contributed by atoms with Gasteiger partial charge in [0.15, 0.2) is 5.82 Å². The fourth-order valence-corrected chi connectivity index (χ4v) is 3.87. The molecule has 0 atom stereocenters. The quantitative estimate of drug-likeness (QED) is 0.424. The Morgan fingerprint density at radius 3 is 2.75 bits per heavy atom. The zero-order valence-electron chi connectivity index (χ0n) is 17.8. The lowest BCUT2D eigenvalue weighted by molar-refractivity contribution is 0.424. The third kappa shape index (κ3) is 3.73. The van der Waals surface area contributed by atoms with Gasteiger partial charge in [0.25, 0.3) is 5.89 Å². The largest absolute Gasteiger partial charge is 0.383 e. The molecule has 0 saturated heterocycles. The molecule has 6 nitrogen and oxygen atoms in total.